The summed E-state index contributed by atoms with van der Waals surface area (Å²) in [7, 11) is 0. The van der Waals surface area contributed by atoms with Gasteiger partial charge in [0, 0.05) is 18.2 Å². The van der Waals surface area contributed by atoms with Crippen LogP contribution >= 0.6 is 11.6 Å². The van der Waals surface area contributed by atoms with E-state index in [2.05, 4.69) is 29.1 Å². The zero-order valence-electron chi connectivity index (χ0n) is 10.8. The zero-order valence-corrected chi connectivity index (χ0v) is 11.5. The summed E-state index contributed by atoms with van der Waals surface area (Å²) in [4.78, 5) is 8.45. The van der Waals surface area contributed by atoms with Gasteiger partial charge in [-0.1, -0.05) is 25.4 Å². The Morgan fingerprint density at radius 1 is 1.29 bits per heavy atom. The van der Waals surface area contributed by atoms with Gasteiger partial charge in [0.25, 0.3) is 0 Å². The molecule has 4 nitrogen and oxygen atoms in total. The summed E-state index contributed by atoms with van der Waals surface area (Å²) in [6, 6.07) is 0.184. The largest absolute Gasteiger partial charge is 0.396 e. The average Bonchev–Trinajstić information content (AvgIpc) is 2.24. The van der Waals surface area contributed by atoms with E-state index in [0.717, 1.165) is 11.4 Å². The number of nitrogens with one attached hydrogen (secondary N) is 1. The van der Waals surface area contributed by atoms with E-state index in [1.54, 1.807) is 0 Å². The third kappa shape index (κ3) is 3.82. The van der Waals surface area contributed by atoms with Crippen molar-refractivity contribution in [1.29, 1.82) is 0 Å². The summed E-state index contributed by atoms with van der Waals surface area (Å²) < 4.78 is 0. The van der Waals surface area contributed by atoms with Crippen LogP contribution in [-0.2, 0) is 0 Å². The first-order valence-electron chi connectivity index (χ1n) is 5.83. The molecular weight excluding hydrogens is 238 g/mol. The quantitative estimate of drug-likeness (QED) is 0.796. The van der Waals surface area contributed by atoms with E-state index >= 15 is 0 Å². The average molecular weight is 258 g/mol. The van der Waals surface area contributed by atoms with Crippen LogP contribution in [0.2, 0.25) is 5.15 Å². The lowest BCUT2D eigenvalue weighted by Crippen LogP contribution is -2.28. The van der Waals surface area contributed by atoms with Crippen molar-refractivity contribution in [2.75, 3.05) is 11.9 Å². The molecule has 2 N–H and O–H groups in total. The molecule has 0 aliphatic carbocycles. The summed E-state index contributed by atoms with van der Waals surface area (Å²) in [6.07, 6.45) is 0.692. The molecule has 0 aromatic carbocycles. The van der Waals surface area contributed by atoms with Gasteiger partial charge < -0.3 is 10.4 Å². The summed E-state index contributed by atoms with van der Waals surface area (Å²) in [5.74, 6) is 1.82. The van der Waals surface area contributed by atoms with E-state index in [-0.39, 0.29) is 12.6 Å². The Morgan fingerprint density at radius 3 is 2.47 bits per heavy atom. The van der Waals surface area contributed by atoms with Crippen LogP contribution in [0.3, 0.4) is 0 Å². The number of aliphatic hydroxyl groups is 1. The van der Waals surface area contributed by atoms with Gasteiger partial charge >= 0.3 is 0 Å². The minimum Gasteiger partial charge on any atom is -0.396 e. The summed E-state index contributed by atoms with van der Waals surface area (Å²) in [5.41, 5.74) is 0.848. The number of hydrogen-bond donors (Lipinski definition) is 2. The summed E-state index contributed by atoms with van der Waals surface area (Å²) in [6.45, 7) is 8.08. The molecule has 0 aliphatic heterocycles. The van der Waals surface area contributed by atoms with Crippen LogP contribution < -0.4 is 5.32 Å². The van der Waals surface area contributed by atoms with Crippen molar-refractivity contribution in [3.63, 3.8) is 0 Å². The van der Waals surface area contributed by atoms with Gasteiger partial charge in [-0.05, 0) is 26.2 Å². The molecule has 1 aromatic heterocycles. The Morgan fingerprint density at radius 2 is 1.94 bits per heavy atom. The second-order valence-electron chi connectivity index (χ2n) is 4.54. The predicted octanol–water partition coefficient (Wildman–Crippen LogP) is 2.57. The molecule has 0 amide bonds. The van der Waals surface area contributed by atoms with Crippen molar-refractivity contribution >= 4 is 17.4 Å². The Kier molecular flexibility index (Phi) is 5.15. The number of nitrogens with zero attached hydrogens (tertiary/aromatic N) is 2. The van der Waals surface area contributed by atoms with Gasteiger partial charge in [-0.3, -0.25) is 0 Å². The molecule has 0 radical (unpaired) electrons. The highest BCUT2D eigenvalue weighted by Gasteiger charge is 2.16. The van der Waals surface area contributed by atoms with Gasteiger partial charge in [-0.15, -0.1) is 0 Å². The van der Waals surface area contributed by atoms with E-state index in [4.69, 9.17) is 16.7 Å². The molecule has 0 aliphatic rings. The molecule has 0 saturated heterocycles. The molecule has 1 atom stereocenters. The van der Waals surface area contributed by atoms with E-state index in [9.17, 15) is 0 Å². The number of rotatable bonds is 5. The van der Waals surface area contributed by atoms with Crippen molar-refractivity contribution in [2.24, 2.45) is 5.92 Å². The van der Waals surface area contributed by atoms with E-state index in [1.165, 1.54) is 0 Å². The normalized spacial score (nSPS) is 12.9. The molecule has 96 valence electrons. The van der Waals surface area contributed by atoms with Crippen molar-refractivity contribution in [3.8, 4) is 0 Å². The maximum Gasteiger partial charge on any atom is 0.137 e. The van der Waals surface area contributed by atoms with Crippen LogP contribution in [0.15, 0.2) is 0 Å². The van der Waals surface area contributed by atoms with Gasteiger partial charge in [-0.2, -0.15) is 0 Å². The Balaban J connectivity index is 2.92. The smallest absolute Gasteiger partial charge is 0.137 e. The third-order valence-corrected chi connectivity index (χ3v) is 3.13. The molecule has 0 saturated carbocycles. The number of hydrogen-bond acceptors (Lipinski definition) is 4. The highest BCUT2D eigenvalue weighted by molar-refractivity contribution is 6.30. The van der Waals surface area contributed by atoms with Crippen molar-refractivity contribution in [3.05, 3.63) is 16.5 Å². The van der Waals surface area contributed by atoms with E-state index in [1.807, 2.05) is 13.8 Å². The number of aryl methyl sites for hydroxylation is 1. The minimum absolute atomic E-state index is 0.159. The van der Waals surface area contributed by atoms with Crippen LogP contribution in [0.4, 0.5) is 5.82 Å². The van der Waals surface area contributed by atoms with Gasteiger partial charge in [0.2, 0.25) is 0 Å². The van der Waals surface area contributed by atoms with Gasteiger partial charge in [0.15, 0.2) is 0 Å². The summed E-state index contributed by atoms with van der Waals surface area (Å²) in [5, 5.41) is 12.9. The van der Waals surface area contributed by atoms with Gasteiger partial charge in [0.1, 0.15) is 16.8 Å². The fraction of sp³-hybridized carbons (Fsp3) is 0.667. The number of anilines is 1. The van der Waals surface area contributed by atoms with Crippen LogP contribution in [0.5, 0.6) is 0 Å². The third-order valence-electron chi connectivity index (χ3n) is 2.77. The molecule has 1 rings (SSSR count). The number of halogens is 1. The standard InChI is InChI=1S/C12H20ClN3O/c1-7(2)10(5-6-17)16-12-8(3)11(13)14-9(4)15-12/h7,10,17H,5-6H2,1-4H3,(H,14,15,16). The van der Waals surface area contributed by atoms with Crippen molar-refractivity contribution < 1.29 is 5.11 Å². The zero-order chi connectivity index (χ0) is 13.0. The molecule has 0 bridgehead atoms. The minimum atomic E-state index is 0.159. The molecule has 0 spiro atoms. The Bertz CT molecular complexity index is 382. The Hall–Kier alpha value is -0.870. The SMILES string of the molecule is Cc1nc(Cl)c(C)c(NC(CCO)C(C)C)n1. The first kappa shape index (κ1) is 14.2. The molecule has 1 unspecified atom stereocenters. The molecule has 5 heteroatoms. The lowest BCUT2D eigenvalue weighted by atomic mass is 10.0. The van der Waals surface area contributed by atoms with Crippen LogP contribution in [-0.4, -0.2) is 27.7 Å². The first-order valence-corrected chi connectivity index (χ1v) is 6.21. The van der Waals surface area contributed by atoms with Crippen molar-refractivity contribution in [1.82, 2.24) is 9.97 Å². The second-order valence-corrected chi connectivity index (χ2v) is 4.90. The van der Waals surface area contributed by atoms with Crippen LogP contribution in [0.1, 0.15) is 31.7 Å². The number of aromatic nitrogens is 2. The van der Waals surface area contributed by atoms with Crippen LogP contribution in [0.25, 0.3) is 0 Å². The van der Waals surface area contributed by atoms with E-state index in [0.29, 0.717) is 23.3 Å². The highest BCUT2D eigenvalue weighted by atomic mass is 35.5. The van der Waals surface area contributed by atoms with Gasteiger partial charge in [0.05, 0.1) is 0 Å². The molecule has 17 heavy (non-hydrogen) atoms. The first-order chi connectivity index (χ1) is 7.95. The lowest BCUT2D eigenvalue weighted by Gasteiger charge is -2.23. The molecule has 1 aromatic rings. The predicted molar refractivity (Wildman–Crippen MR) is 70.5 cm³/mol. The second kappa shape index (κ2) is 6.17. The number of aliphatic hydroxyl groups excluding tert-OH is 1. The molecular formula is C12H20ClN3O. The van der Waals surface area contributed by atoms with Gasteiger partial charge in [-0.25, -0.2) is 9.97 Å². The van der Waals surface area contributed by atoms with E-state index < -0.39 is 0 Å². The maximum absolute atomic E-state index is 9.04. The van der Waals surface area contributed by atoms with Crippen LogP contribution in [0, 0.1) is 19.8 Å². The lowest BCUT2D eigenvalue weighted by molar-refractivity contribution is 0.267. The molecule has 0 fully saturated rings. The fourth-order valence-electron chi connectivity index (χ4n) is 1.62. The van der Waals surface area contributed by atoms with Crippen molar-refractivity contribution in [2.45, 2.75) is 40.2 Å². The maximum atomic E-state index is 9.04. The molecule has 1 heterocycles. The summed E-state index contributed by atoms with van der Waals surface area (Å²) >= 11 is 6.02. The monoisotopic (exact) mass is 257 g/mol. The fourth-order valence-corrected chi connectivity index (χ4v) is 1.83. The highest BCUT2D eigenvalue weighted by Crippen LogP contribution is 2.22. The topological polar surface area (TPSA) is 58.0 Å². The Labute approximate surface area is 107 Å².